The first kappa shape index (κ1) is 14.9. The number of hydrogen-bond acceptors (Lipinski definition) is 3. The third-order valence-corrected chi connectivity index (χ3v) is 3.92. The van der Waals surface area contributed by atoms with E-state index in [-0.39, 0.29) is 0 Å². The van der Waals surface area contributed by atoms with Crippen molar-refractivity contribution in [3.05, 3.63) is 0 Å². The Hall–Kier alpha value is -0.120. The highest BCUT2D eigenvalue weighted by Gasteiger charge is 2.22. The summed E-state index contributed by atoms with van der Waals surface area (Å²) in [4.78, 5) is 2.58. The predicted octanol–water partition coefficient (Wildman–Crippen LogP) is 2.26. The Bertz CT molecular complexity index is 191. The van der Waals surface area contributed by atoms with E-state index in [1.807, 2.05) is 7.11 Å². The molecule has 1 fully saturated rings. The zero-order valence-corrected chi connectivity index (χ0v) is 12.0. The van der Waals surface area contributed by atoms with Gasteiger partial charge in [-0.1, -0.05) is 13.3 Å². The zero-order valence-electron chi connectivity index (χ0n) is 12.0. The van der Waals surface area contributed by atoms with Crippen LogP contribution in [0.25, 0.3) is 0 Å². The summed E-state index contributed by atoms with van der Waals surface area (Å²) in [6.45, 7) is 10.3. The van der Waals surface area contributed by atoms with Crippen LogP contribution in [0.3, 0.4) is 0 Å². The molecule has 0 bridgehead atoms. The molecular weight excluding hydrogens is 212 g/mol. The summed E-state index contributed by atoms with van der Waals surface area (Å²) >= 11 is 0. The van der Waals surface area contributed by atoms with Gasteiger partial charge in [0.1, 0.15) is 0 Å². The van der Waals surface area contributed by atoms with E-state index in [2.05, 4.69) is 31.0 Å². The maximum absolute atomic E-state index is 5.41. The molecule has 3 heteroatoms. The number of nitrogens with zero attached hydrogens (tertiary/aromatic N) is 1. The second kappa shape index (κ2) is 8.06. The number of ether oxygens (including phenoxy) is 1. The first-order valence-electron chi connectivity index (χ1n) is 7.17. The molecule has 0 aromatic carbocycles. The van der Waals surface area contributed by atoms with Gasteiger partial charge in [-0.25, -0.2) is 0 Å². The molecule has 102 valence electrons. The minimum absolute atomic E-state index is 0.491. The minimum Gasteiger partial charge on any atom is -0.381 e. The van der Waals surface area contributed by atoms with E-state index in [0.717, 1.165) is 6.54 Å². The Kier molecular flexibility index (Phi) is 7.09. The molecule has 1 saturated heterocycles. The van der Waals surface area contributed by atoms with Gasteiger partial charge in [-0.05, 0) is 33.1 Å². The normalized spacial score (nSPS) is 22.6. The molecule has 0 radical (unpaired) electrons. The molecule has 1 rings (SSSR count). The molecule has 0 aromatic heterocycles. The van der Waals surface area contributed by atoms with Gasteiger partial charge in [-0.15, -0.1) is 0 Å². The van der Waals surface area contributed by atoms with Crippen molar-refractivity contribution in [2.75, 3.05) is 26.7 Å². The van der Waals surface area contributed by atoms with Gasteiger partial charge in [-0.2, -0.15) is 0 Å². The van der Waals surface area contributed by atoms with Gasteiger partial charge in [0.25, 0.3) is 0 Å². The van der Waals surface area contributed by atoms with Crippen LogP contribution >= 0.6 is 0 Å². The van der Waals surface area contributed by atoms with Crippen molar-refractivity contribution in [1.29, 1.82) is 0 Å². The summed E-state index contributed by atoms with van der Waals surface area (Å²) < 4.78 is 5.41. The lowest BCUT2D eigenvalue weighted by Gasteiger charge is -2.36. The number of methoxy groups -OCH3 is 1. The maximum atomic E-state index is 5.41. The van der Waals surface area contributed by atoms with E-state index >= 15 is 0 Å². The van der Waals surface area contributed by atoms with Crippen molar-refractivity contribution in [3.63, 3.8) is 0 Å². The van der Waals surface area contributed by atoms with Crippen LogP contribution in [-0.4, -0.2) is 49.8 Å². The molecule has 1 aliphatic rings. The third kappa shape index (κ3) is 5.36. The molecule has 2 atom stereocenters. The topological polar surface area (TPSA) is 24.5 Å². The van der Waals surface area contributed by atoms with E-state index in [4.69, 9.17) is 4.74 Å². The number of likely N-dealkylation sites (tertiary alicyclic amines) is 1. The lowest BCUT2D eigenvalue weighted by Crippen LogP contribution is -2.47. The molecule has 0 spiro atoms. The van der Waals surface area contributed by atoms with Crippen molar-refractivity contribution < 1.29 is 4.74 Å². The average Bonchev–Trinajstić information content (AvgIpc) is 2.36. The molecule has 0 aromatic rings. The van der Waals surface area contributed by atoms with E-state index in [9.17, 15) is 0 Å². The average molecular weight is 242 g/mol. The van der Waals surface area contributed by atoms with Crippen LogP contribution in [0.2, 0.25) is 0 Å². The molecule has 17 heavy (non-hydrogen) atoms. The van der Waals surface area contributed by atoms with Crippen LogP contribution in [-0.2, 0) is 4.74 Å². The van der Waals surface area contributed by atoms with Gasteiger partial charge in [0.05, 0.1) is 6.10 Å². The first-order chi connectivity index (χ1) is 8.17. The van der Waals surface area contributed by atoms with Crippen molar-refractivity contribution >= 4 is 0 Å². The van der Waals surface area contributed by atoms with Crippen LogP contribution in [0.4, 0.5) is 0 Å². The second-order valence-electron chi connectivity index (χ2n) is 5.42. The highest BCUT2D eigenvalue weighted by Crippen LogP contribution is 2.15. The fourth-order valence-corrected chi connectivity index (χ4v) is 2.59. The standard InChI is InChI=1S/C14H30N2O/c1-5-6-12(2)15-11-13(3)16-9-7-14(17-4)8-10-16/h12-15H,5-11H2,1-4H3. The van der Waals surface area contributed by atoms with Crippen LogP contribution in [0.15, 0.2) is 0 Å². The van der Waals surface area contributed by atoms with E-state index in [1.54, 1.807) is 0 Å². The van der Waals surface area contributed by atoms with Gasteiger partial charge in [-0.3, -0.25) is 4.90 Å². The van der Waals surface area contributed by atoms with Gasteiger partial charge >= 0.3 is 0 Å². The van der Waals surface area contributed by atoms with Crippen molar-refractivity contribution in [2.24, 2.45) is 0 Å². The fourth-order valence-electron chi connectivity index (χ4n) is 2.59. The summed E-state index contributed by atoms with van der Waals surface area (Å²) in [5.74, 6) is 0. The Morgan fingerprint density at radius 1 is 1.29 bits per heavy atom. The van der Waals surface area contributed by atoms with E-state index in [0.29, 0.717) is 18.2 Å². The summed E-state index contributed by atoms with van der Waals surface area (Å²) in [5, 5.41) is 3.63. The van der Waals surface area contributed by atoms with Crippen LogP contribution in [0, 0.1) is 0 Å². The van der Waals surface area contributed by atoms with Gasteiger partial charge in [0.15, 0.2) is 0 Å². The molecule has 1 heterocycles. The molecule has 0 aliphatic carbocycles. The Morgan fingerprint density at radius 2 is 1.94 bits per heavy atom. The number of rotatable bonds is 7. The molecular formula is C14H30N2O. The highest BCUT2D eigenvalue weighted by atomic mass is 16.5. The van der Waals surface area contributed by atoms with E-state index < -0.39 is 0 Å². The second-order valence-corrected chi connectivity index (χ2v) is 5.42. The quantitative estimate of drug-likeness (QED) is 0.741. The lowest BCUT2D eigenvalue weighted by molar-refractivity contribution is 0.0294. The molecule has 1 aliphatic heterocycles. The summed E-state index contributed by atoms with van der Waals surface area (Å²) in [5.41, 5.74) is 0. The highest BCUT2D eigenvalue weighted by molar-refractivity contribution is 4.78. The molecule has 2 unspecified atom stereocenters. The van der Waals surface area contributed by atoms with Crippen LogP contribution in [0.1, 0.15) is 46.5 Å². The molecule has 1 N–H and O–H groups in total. The zero-order chi connectivity index (χ0) is 12.7. The van der Waals surface area contributed by atoms with Crippen LogP contribution < -0.4 is 5.32 Å². The van der Waals surface area contributed by atoms with Crippen molar-refractivity contribution in [2.45, 2.75) is 64.6 Å². The van der Waals surface area contributed by atoms with Gasteiger partial charge in [0, 0.05) is 38.8 Å². The number of hydrogen-bond donors (Lipinski definition) is 1. The minimum atomic E-state index is 0.491. The molecule has 0 saturated carbocycles. The van der Waals surface area contributed by atoms with Crippen molar-refractivity contribution in [3.8, 4) is 0 Å². The van der Waals surface area contributed by atoms with Crippen molar-refractivity contribution in [1.82, 2.24) is 10.2 Å². The van der Waals surface area contributed by atoms with E-state index in [1.165, 1.54) is 38.8 Å². The SMILES string of the molecule is CCCC(C)NCC(C)N1CCC(OC)CC1. The van der Waals surface area contributed by atoms with Crippen LogP contribution in [0.5, 0.6) is 0 Å². The smallest absolute Gasteiger partial charge is 0.0595 e. The monoisotopic (exact) mass is 242 g/mol. The number of nitrogens with one attached hydrogen (secondary N) is 1. The Balaban J connectivity index is 2.17. The Labute approximate surface area is 107 Å². The van der Waals surface area contributed by atoms with Gasteiger partial charge in [0.2, 0.25) is 0 Å². The summed E-state index contributed by atoms with van der Waals surface area (Å²) in [6, 6.07) is 1.30. The Morgan fingerprint density at radius 3 is 2.47 bits per heavy atom. The fraction of sp³-hybridized carbons (Fsp3) is 1.00. The number of piperidine rings is 1. The predicted molar refractivity (Wildman–Crippen MR) is 73.4 cm³/mol. The third-order valence-electron chi connectivity index (χ3n) is 3.92. The summed E-state index contributed by atoms with van der Waals surface area (Å²) in [6.07, 6.45) is 5.40. The largest absolute Gasteiger partial charge is 0.381 e. The maximum Gasteiger partial charge on any atom is 0.0595 e. The van der Waals surface area contributed by atoms with Gasteiger partial charge < -0.3 is 10.1 Å². The lowest BCUT2D eigenvalue weighted by atomic mass is 10.1. The molecule has 0 amide bonds. The summed E-state index contributed by atoms with van der Waals surface area (Å²) in [7, 11) is 1.83. The molecule has 3 nitrogen and oxygen atoms in total. The first-order valence-corrected chi connectivity index (χ1v) is 7.17.